The fourth-order valence-electron chi connectivity index (χ4n) is 3.58. The molecule has 0 radical (unpaired) electrons. The lowest BCUT2D eigenvalue weighted by Gasteiger charge is -2.25. The van der Waals surface area contributed by atoms with Crippen LogP contribution in [0.3, 0.4) is 0 Å². The lowest BCUT2D eigenvalue weighted by molar-refractivity contribution is -0.116. The molecule has 0 bridgehead atoms. The number of nitrogens with one attached hydrogen (secondary N) is 1. The second-order valence-electron chi connectivity index (χ2n) is 7.43. The van der Waals surface area contributed by atoms with Crippen LogP contribution >= 0.6 is 0 Å². The highest BCUT2D eigenvalue weighted by molar-refractivity contribution is 5.95. The molecule has 0 fully saturated rings. The van der Waals surface area contributed by atoms with Crippen LogP contribution in [-0.2, 0) is 4.79 Å². The first-order valence-corrected chi connectivity index (χ1v) is 11.4. The van der Waals surface area contributed by atoms with Crippen LogP contribution in [-0.4, -0.2) is 63.4 Å². The quantitative estimate of drug-likeness (QED) is 0.454. The number of benzene rings is 1. The molecule has 9 heteroatoms. The summed E-state index contributed by atoms with van der Waals surface area (Å²) in [5.74, 6) is 1.58. The highest BCUT2D eigenvalue weighted by Crippen LogP contribution is 2.34. The Morgan fingerprint density at radius 2 is 1.61 bits per heavy atom. The average Bonchev–Trinajstić information content (AvgIpc) is 2.85. The molecule has 0 aliphatic rings. The normalized spacial score (nSPS) is 10.5. The maximum atomic E-state index is 12.8. The Bertz CT molecular complexity index is 872. The van der Waals surface area contributed by atoms with E-state index in [1.165, 1.54) is 14.2 Å². The topological polar surface area (TPSA) is 89.1 Å². The van der Waals surface area contributed by atoms with E-state index < -0.39 is 0 Å². The summed E-state index contributed by atoms with van der Waals surface area (Å²) in [6.07, 6.45) is 2.09. The maximum absolute atomic E-state index is 12.8. The first-order valence-electron chi connectivity index (χ1n) is 11.4. The molecule has 0 atom stereocenters. The molecule has 1 N–H and O–H groups in total. The molecule has 1 amide bonds. The maximum Gasteiger partial charge on any atom is 0.321 e. The van der Waals surface area contributed by atoms with E-state index in [-0.39, 0.29) is 17.8 Å². The van der Waals surface area contributed by atoms with Crippen molar-refractivity contribution in [3.63, 3.8) is 0 Å². The number of carbonyl (C=O) groups is 1. The molecule has 0 aliphatic heterocycles. The van der Waals surface area contributed by atoms with Gasteiger partial charge < -0.3 is 29.3 Å². The van der Waals surface area contributed by atoms with Crippen LogP contribution < -0.4 is 29.3 Å². The monoisotopic (exact) mass is 459 g/mol. The van der Waals surface area contributed by atoms with Gasteiger partial charge in [0.15, 0.2) is 5.82 Å². The minimum absolute atomic E-state index is 0.110. The molecule has 1 aromatic carbocycles. The lowest BCUT2D eigenvalue weighted by Crippen LogP contribution is -2.27. The molecular weight excluding hydrogens is 422 g/mol. The van der Waals surface area contributed by atoms with Crippen molar-refractivity contribution in [3.05, 3.63) is 24.3 Å². The van der Waals surface area contributed by atoms with Crippen LogP contribution in [0.2, 0.25) is 0 Å². The smallest absolute Gasteiger partial charge is 0.321 e. The standard InChI is InChI=1S/C24H37N5O4/c1-7-16-29(18-12-14-19(31-4)15-13-18)17-10-11-20(30)25-21-22(28(8-2)9-3)26-24(33-6)27-23(21)32-5/h12-15H,7-11,16-17H2,1-6H3,(H,25,30). The number of anilines is 3. The SMILES string of the molecule is CCCN(CCCC(=O)Nc1c(OC)nc(OC)nc1N(CC)CC)c1ccc(OC)cc1. The van der Waals surface area contributed by atoms with Crippen molar-refractivity contribution in [2.45, 2.75) is 40.0 Å². The van der Waals surface area contributed by atoms with Gasteiger partial charge in [-0.3, -0.25) is 4.79 Å². The molecule has 2 aromatic rings. The van der Waals surface area contributed by atoms with Crippen LogP contribution in [0.1, 0.15) is 40.0 Å². The summed E-state index contributed by atoms with van der Waals surface area (Å²) in [6.45, 7) is 9.32. The highest BCUT2D eigenvalue weighted by Gasteiger charge is 2.21. The van der Waals surface area contributed by atoms with Gasteiger partial charge in [0.2, 0.25) is 11.8 Å². The first kappa shape index (κ1) is 26.0. The van der Waals surface area contributed by atoms with Gasteiger partial charge in [0.05, 0.1) is 21.3 Å². The molecule has 33 heavy (non-hydrogen) atoms. The van der Waals surface area contributed by atoms with Crippen LogP contribution in [0, 0.1) is 0 Å². The number of aromatic nitrogens is 2. The minimum atomic E-state index is -0.110. The van der Waals surface area contributed by atoms with Gasteiger partial charge in [-0.2, -0.15) is 9.97 Å². The van der Waals surface area contributed by atoms with Crippen LogP contribution in [0.15, 0.2) is 24.3 Å². The van der Waals surface area contributed by atoms with Gasteiger partial charge in [0.25, 0.3) is 0 Å². The van der Waals surface area contributed by atoms with Crippen LogP contribution in [0.25, 0.3) is 0 Å². The van der Waals surface area contributed by atoms with E-state index in [4.69, 9.17) is 14.2 Å². The third-order valence-electron chi connectivity index (χ3n) is 5.30. The number of hydrogen-bond acceptors (Lipinski definition) is 8. The summed E-state index contributed by atoms with van der Waals surface area (Å²) >= 11 is 0. The zero-order valence-electron chi connectivity index (χ0n) is 20.7. The molecule has 1 heterocycles. The molecule has 2 rings (SSSR count). The van der Waals surface area contributed by atoms with Crippen molar-refractivity contribution < 1.29 is 19.0 Å². The summed E-state index contributed by atoms with van der Waals surface area (Å²) in [6, 6.07) is 8.20. The number of carbonyl (C=O) groups excluding carboxylic acids is 1. The van der Waals surface area contributed by atoms with Crippen molar-refractivity contribution >= 4 is 23.1 Å². The van der Waals surface area contributed by atoms with Gasteiger partial charge in [-0.25, -0.2) is 0 Å². The predicted molar refractivity (Wildman–Crippen MR) is 132 cm³/mol. The van der Waals surface area contributed by atoms with Crippen molar-refractivity contribution in [2.24, 2.45) is 0 Å². The van der Waals surface area contributed by atoms with Gasteiger partial charge in [-0.05, 0) is 51.0 Å². The van der Waals surface area contributed by atoms with E-state index in [0.717, 1.165) is 44.0 Å². The Balaban J connectivity index is 2.09. The van der Waals surface area contributed by atoms with Crippen molar-refractivity contribution in [2.75, 3.05) is 62.6 Å². The van der Waals surface area contributed by atoms with E-state index in [1.807, 2.05) is 43.0 Å². The third-order valence-corrected chi connectivity index (χ3v) is 5.30. The molecule has 0 saturated carbocycles. The van der Waals surface area contributed by atoms with Gasteiger partial charge in [0, 0.05) is 38.3 Å². The average molecular weight is 460 g/mol. The summed E-state index contributed by atoms with van der Waals surface area (Å²) < 4.78 is 15.9. The number of methoxy groups -OCH3 is 3. The first-order chi connectivity index (χ1) is 16.0. The van der Waals surface area contributed by atoms with E-state index >= 15 is 0 Å². The molecular formula is C24H37N5O4. The Morgan fingerprint density at radius 1 is 0.909 bits per heavy atom. The molecule has 0 aliphatic carbocycles. The second-order valence-corrected chi connectivity index (χ2v) is 7.43. The third kappa shape index (κ3) is 7.13. The summed E-state index contributed by atoms with van der Waals surface area (Å²) in [5.41, 5.74) is 1.58. The lowest BCUT2D eigenvalue weighted by atomic mass is 10.2. The van der Waals surface area contributed by atoms with E-state index in [9.17, 15) is 4.79 Å². The summed E-state index contributed by atoms with van der Waals surface area (Å²) in [5, 5.41) is 2.97. The Labute approximate surface area is 197 Å². The second kappa shape index (κ2) is 13.3. The number of nitrogens with zero attached hydrogens (tertiary/aromatic N) is 4. The Morgan fingerprint density at radius 3 is 2.15 bits per heavy atom. The molecule has 9 nitrogen and oxygen atoms in total. The number of hydrogen-bond donors (Lipinski definition) is 1. The summed E-state index contributed by atoms with van der Waals surface area (Å²) in [7, 11) is 4.68. The van der Waals surface area contributed by atoms with Crippen LogP contribution in [0.4, 0.5) is 17.2 Å². The molecule has 0 saturated heterocycles. The zero-order chi connectivity index (χ0) is 24.2. The van der Waals surface area contributed by atoms with E-state index in [2.05, 4.69) is 27.1 Å². The predicted octanol–water partition coefficient (Wildman–Crippen LogP) is 3.98. The largest absolute Gasteiger partial charge is 0.497 e. The zero-order valence-corrected chi connectivity index (χ0v) is 20.7. The number of rotatable bonds is 14. The number of amides is 1. The highest BCUT2D eigenvalue weighted by atomic mass is 16.5. The van der Waals surface area contributed by atoms with E-state index in [1.54, 1.807) is 7.11 Å². The fraction of sp³-hybridized carbons (Fsp3) is 0.542. The van der Waals surface area contributed by atoms with Gasteiger partial charge in [-0.1, -0.05) is 6.92 Å². The Kier molecular flexibility index (Phi) is 10.5. The molecule has 0 spiro atoms. The van der Waals surface area contributed by atoms with Crippen molar-refractivity contribution in [1.29, 1.82) is 0 Å². The fourth-order valence-corrected chi connectivity index (χ4v) is 3.58. The molecule has 182 valence electrons. The van der Waals surface area contributed by atoms with Gasteiger partial charge in [-0.15, -0.1) is 0 Å². The Hall–Kier alpha value is -3.23. The van der Waals surface area contributed by atoms with Crippen molar-refractivity contribution in [1.82, 2.24) is 9.97 Å². The van der Waals surface area contributed by atoms with Crippen molar-refractivity contribution in [3.8, 4) is 17.6 Å². The number of ether oxygens (including phenoxy) is 3. The molecule has 1 aromatic heterocycles. The summed E-state index contributed by atoms with van der Waals surface area (Å²) in [4.78, 5) is 25.9. The van der Waals surface area contributed by atoms with Crippen LogP contribution in [0.5, 0.6) is 17.6 Å². The van der Waals surface area contributed by atoms with E-state index in [0.29, 0.717) is 24.3 Å². The minimum Gasteiger partial charge on any atom is -0.497 e. The molecule has 0 unspecified atom stereocenters. The van der Waals surface area contributed by atoms with Gasteiger partial charge in [0.1, 0.15) is 11.4 Å². The van der Waals surface area contributed by atoms with Gasteiger partial charge >= 0.3 is 6.01 Å².